The third-order valence-corrected chi connectivity index (χ3v) is 6.93. The number of nitro groups is 1. The molecule has 0 N–H and O–H groups in total. The van der Waals surface area contributed by atoms with E-state index in [0.717, 1.165) is 9.99 Å². The van der Waals surface area contributed by atoms with E-state index in [-0.39, 0.29) is 29.3 Å². The molecule has 30 heavy (non-hydrogen) atoms. The number of nitrogens with zero attached hydrogens (tertiary/aromatic N) is 2. The number of hydrogen-bond donors (Lipinski definition) is 0. The summed E-state index contributed by atoms with van der Waals surface area (Å²) in [5, 5.41) is 10.5. The molecule has 1 saturated heterocycles. The Balaban J connectivity index is 1.48. The van der Waals surface area contributed by atoms with Crippen LogP contribution in [0.3, 0.4) is 0 Å². The molecule has 1 aromatic carbocycles. The monoisotopic (exact) mass is 444 g/mol. The number of amides is 1. The number of furan rings is 1. The second kappa shape index (κ2) is 8.41. The van der Waals surface area contributed by atoms with Crippen molar-refractivity contribution in [3.05, 3.63) is 79.6 Å². The number of fused-ring (bicyclic) bond motifs is 1. The smallest absolute Gasteiger partial charge is 0.357 e. The lowest BCUT2D eigenvalue weighted by Gasteiger charge is -2.37. The van der Waals surface area contributed by atoms with E-state index in [1.165, 1.54) is 59.0 Å². The molecule has 1 atom stereocenters. The Morgan fingerprint density at radius 3 is 2.77 bits per heavy atom. The zero-order chi connectivity index (χ0) is 21.3. The van der Waals surface area contributed by atoms with Gasteiger partial charge in [-0.3, -0.25) is 19.8 Å². The molecule has 1 amide bonds. The van der Waals surface area contributed by atoms with E-state index >= 15 is 0 Å². The van der Waals surface area contributed by atoms with Crippen LogP contribution in [-0.2, 0) is 20.9 Å². The van der Waals surface area contributed by atoms with Gasteiger partial charge in [0.05, 0.1) is 21.0 Å². The summed E-state index contributed by atoms with van der Waals surface area (Å²) in [6.07, 6.45) is 3.22. The van der Waals surface area contributed by atoms with Gasteiger partial charge < -0.3 is 9.15 Å². The van der Waals surface area contributed by atoms with E-state index in [0.29, 0.717) is 16.9 Å². The summed E-state index contributed by atoms with van der Waals surface area (Å²) in [6, 6.07) is 9.28. The van der Waals surface area contributed by atoms with Gasteiger partial charge in [-0.15, -0.1) is 11.8 Å². The van der Waals surface area contributed by atoms with Gasteiger partial charge in [-0.2, -0.15) is 0 Å². The van der Waals surface area contributed by atoms with Crippen LogP contribution < -0.4 is 0 Å². The van der Waals surface area contributed by atoms with E-state index in [1.807, 2.05) is 6.92 Å². The first-order valence-electron chi connectivity index (χ1n) is 9.02. The molecule has 1 fully saturated rings. The molecule has 0 aliphatic carbocycles. The number of carbonyl (C=O) groups excluding carboxylic acids is 2. The number of carbonyl (C=O) groups is 2. The fraction of sp³-hybridized carbons (Fsp3) is 0.200. The highest BCUT2D eigenvalue weighted by Crippen LogP contribution is 2.53. The van der Waals surface area contributed by atoms with Crippen LogP contribution in [0.1, 0.15) is 18.2 Å². The summed E-state index contributed by atoms with van der Waals surface area (Å²) in [5.74, 6) is 0.480. The van der Waals surface area contributed by atoms with Crippen molar-refractivity contribution in [3.8, 4) is 0 Å². The fourth-order valence-corrected chi connectivity index (χ4v) is 5.60. The van der Waals surface area contributed by atoms with Crippen molar-refractivity contribution in [3.63, 3.8) is 0 Å². The number of β-lactam (4-membered cyclic amide) rings is 1. The average Bonchev–Trinajstić information content (AvgIpc) is 3.37. The van der Waals surface area contributed by atoms with Gasteiger partial charge in [0.15, 0.2) is 5.70 Å². The summed E-state index contributed by atoms with van der Waals surface area (Å²) in [4.78, 5) is 37.2. The number of esters is 1. The molecule has 2 aliphatic rings. The van der Waals surface area contributed by atoms with Gasteiger partial charge in [-0.25, -0.2) is 4.79 Å². The summed E-state index contributed by atoms with van der Waals surface area (Å²) in [7, 11) is 0. The Hall–Kier alpha value is -2.98. The molecule has 0 bridgehead atoms. The molecule has 3 heterocycles. The molecule has 2 aromatic rings. The van der Waals surface area contributed by atoms with E-state index in [4.69, 9.17) is 9.15 Å². The van der Waals surface area contributed by atoms with Crippen molar-refractivity contribution in [2.75, 3.05) is 5.75 Å². The Morgan fingerprint density at radius 1 is 1.37 bits per heavy atom. The van der Waals surface area contributed by atoms with Crippen LogP contribution in [0.15, 0.2) is 62.6 Å². The molecule has 2 aliphatic heterocycles. The number of thioether (sulfide) groups is 2. The van der Waals surface area contributed by atoms with Crippen molar-refractivity contribution >= 4 is 47.2 Å². The molecular weight excluding hydrogens is 428 g/mol. The number of benzene rings is 1. The predicted molar refractivity (Wildman–Crippen MR) is 113 cm³/mol. The highest BCUT2D eigenvalue weighted by atomic mass is 32.2. The number of hydrogen-bond acceptors (Lipinski definition) is 8. The second-order valence-electron chi connectivity index (χ2n) is 6.33. The van der Waals surface area contributed by atoms with Crippen molar-refractivity contribution < 1.29 is 23.7 Å². The number of ether oxygens (including phenoxy) is 1. The summed E-state index contributed by atoms with van der Waals surface area (Å²) >= 11 is 2.93. The van der Waals surface area contributed by atoms with Gasteiger partial charge in [0.1, 0.15) is 17.7 Å². The van der Waals surface area contributed by atoms with Crippen molar-refractivity contribution in [2.24, 2.45) is 0 Å². The van der Waals surface area contributed by atoms with Crippen molar-refractivity contribution in [1.29, 1.82) is 0 Å². The standard InChI is InChI=1S/C20H16N2O6S2/c1-2-29-20-16(19(24)28-11-12-5-7-13(8-6-12)22(25)26)21-17(23)15(18(21)30-20)10-14-4-3-9-27-14/h3-10,18H,2,11H2,1H3. The SMILES string of the molecule is CCSC1=C(C(=O)OCc2ccc([N+](=O)[O-])cc2)N2C(=O)C(=Cc3ccco3)C2S1. The Labute approximate surface area is 180 Å². The Kier molecular flexibility index (Phi) is 5.69. The van der Waals surface area contributed by atoms with Crippen LogP contribution in [0, 0.1) is 10.1 Å². The van der Waals surface area contributed by atoms with Crippen molar-refractivity contribution in [1.82, 2.24) is 4.90 Å². The Morgan fingerprint density at radius 2 is 2.13 bits per heavy atom. The summed E-state index contributed by atoms with van der Waals surface area (Å²) in [6.45, 7) is 1.92. The zero-order valence-electron chi connectivity index (χ0n) is 15.8. The van der Waals surface area contributed by atoms with E-state index in [9.17, 15) is 19.7 Å². The molecule has 4 rings (SSSR count). The second-order valence-corrected chi connectivity index (χ2v) is 8.95. The molecule has 0 spiro atoms. The quantitative estimate of drug-likeness (QED) is 0.206. The lowest BCUT2D eigenvalue weighted by atomic mass is 10.0. The highest BCUT2D eigenvalue weighted by molar-refractivity contribution is 8.22. The average molecular weight is 444 g/mol. The topological polar surface area (TPSA) is 103 Å². The maximum Gasteiger partial charge on any atom is 0.357 e. The first-order chi connectivity index (χ1) is 14.5. The molecule has 10 heteroatoms. The van der Waals surface area contributed by atoms with Crippen LogP contribution in [0.2, 0.25) is 0 Å². The minimum Gasteiger partial charge on any atom is -0.465 e. The molecule has 1 unspecified atom stereocenters. The maximum absolute atomic E-state index is 12.8. The third-order valence-electron chi connectivity index (χ3n) is 4.45. The highest BCUT2D eigenvalue weighted by Gasteiger charge is 2.53. The number of nitro benzene ring substituents is 1. The number of non-ortho nitro benzene ring substituents is 1. The Bertz CT molecular complexity index is 1060. The maximum atomic E-state index is 12.8. The predicted octanol–water partition coefficient (Wildman–Crippen LogP) is 4.15. The van der Waals surface area contributed by atoms with Gasteiger partial charge in [-0.1, -0.05) is 18.7 Å². The normalized spacial score (nSPS) is 19.1. The van der Waals surface area contributed by atoms with Crippen LogP contribution in [0.4, 0.5) is 5.69 Å². The van der Waals surface area contributed by atoms with E-state index in [1.54, 1.807) is 18.2 Å². The van der Waals surface area contributed by atoms with Crippen LogP contribution >= 0.6 is 23.5 Å². The first kappa shape index (κ1) is 20.3. The molecule has 0 saturated carbocycles. The zero-order valence-corrected chi connectivity index (χ0v) is 17.4. The molecule has 154 valence electrons. The van der Waals surface area contributed by atoms with Crippen LogP contribution in [0.25, 0.3) is 6.08 Å². The van der Waals surface area contributed by atoms with E-state index in [2.05, 4.69) is 0 Å². The fourth-order valence-electron chi connectivity index (χ4n) is 3.02. The lowest BCUT2D eigenvalue weighted by Crippen LogP contribution is -2.51. The van der Waals surface area contributed by atoms with Gasteiger partial charge >= 0.3 is 5.97 Å². The van der Waals surface area contributed by atoms with Crippen LogP contribution in [-0.4, -0.2) is 32.8 Å². The van der Waals surface area contributed by atoms with Crippen LogP contribution in [0.5, 0.6) is 0 Å². The molecule has 1 aromatic heterocycles. The van der Waals surface area contributed by atoms with Gasteiger partial charge in [0.25, 0.3) is 11.6 Å². The minimum absolute atomic E-state index is 0.0356. The van der Waals surface area contributed by atoms with Gasteiger partial charge in [0.2, 0.25) is 0 Å². The van der Waals surface area contributed by atoms with Gasteiger partial charge in [0, 0.05) is 12.1 Å². The number of rotatable bonds is 7. The lowest BCUT2D eigenvalue weighted by molar-refractivity contribution is -0.384. The molecular formula is C20H16N2O6S2. The first-order valence-corrected chi connectivity index (χ1v) is 10.9. The van der Waals surface area contributed by atoms with Gasteiger partial charge in [-0.05, 0) is 41.7 Å². The summed E-state index contributed by atoms with van der Waals surface area (Å²) in [5.41, 5.74) is 1.41. The largest absolute Gasteiger partial charge is 0.465 e. The third kappa shape index (κ3) is 3.75. The van der Waals surface area contributed by atoms with E-state index < -0.39 is 10.9 Å². The van der Waals surface area contributed by atoms with Crippen molar-refractivity contribution in [2.45, 2.75) is 18.9 Å². The molecule has 0 radical (unpaired) electrons. The summed E-state index contributed by atoms with van der Waals surface area (Å²) < 4.78 is 11.4. The molecule has 8 nitrogen and oxygen atoms in total. The minimum atomic E-state index is -0.593.